The van der Waals surface area contributed by atoms with Crippen LogP contribution in [0.5, 0.6) is 0 Å². The van der Waals surface area contributed by atoms with Gasteiger partial charge in [0.15, 0.2) is 0 Å². The molecule has 0 amide bonds. The highest BCUT2D eigenvalue weighted by molar-refractivity contribution is 5.60. The molecule has 0 N–H and O–H groups in total. The maximum Gasteiger partial charge on any atom is 0.0625 e. The molecule has 0 aliphatic rings. The van der Waals surface area contributed by atoms with Crippen LogP contribution in [-0.4, -0.2) is 13.3 Å². The number of benzene rings is 1. The zero-order valence-electron chi connectivity index (χ0n) is 8.22. The quantitative estimate of drug-likeness (QED) is 0.412. The van der Waals surface area contributed by atoms with Crippen molar-refractivity contribution in [1.82, 2.24) is 0 Å². The van der Waals surface area contributed by atoms with Gasteiger partial charge in [0.25, 0.3) is 0 Å². The molecule has 0 heterocycles. The van der Waals surface area contributed by atoms with Crippen LogP contribution < -0.4 is 5.01 Å². The number of anilines is 1. The van der Waals surface area contributed by atoms with Crippen LogP contribution in [-0.2, 0) is 0 Å². The van der Waals surface area contributed by atoms with E-state index in [1.165, 1.54) is 0 Å². The van der Waals surface area contributed by atoms with E-state index in [0.717, 1.165) is 5.69 Å². The van der Waals surface area contributed by atoms with Gasteiger partial charge >= 0.3 is 0 Å². The Kier molecular flexibility index (Phi) is 4.22. The molecule has 1 rings (SSSR count). The molecule has 0 aliphatic heterocycles. The number of nitriles is 1. The van der Waals surface area contributed by atoms with E-state index in [1.54, 1.807) is 11.2 Å². The third-order valence-electron chi connectivity index (χ3n) is 1.77. The van der Waals surface area contributed by atoms with E-state index >= 15 is 0 Å². The van der Waals surface area contributed by atoms with Crippen LogP contribution in [0.1, 0.15) is 12.8 Å². The Morgan fingerprint density at radius 1 is 1.43 bits per heavy atom. The molecule has 3 heteroatoms. The molecule has 0 aliphatic carbocycles. The number of hydrogen-bond donors (Lipinski definition) is 0. The number of hydrazone groups is 1. The molecular formula is C11H13N3. The summed E-state index contributed by atoms with van der Waals surface area (Å²) in [6, 6.07) is 12.0. The predicted octanol–water partition coefficient (Wildman–Crippen LogP) is 2.41. The summed E-state index contributed by atoms with van der Waals surface area (Å²) < 4.78 is 0. The Morgan fingerprint density at radius 2 is 2.14 bits per heavy atom. The molecule has 1 aromatic carbocycles. The van der Waals surface area contributed by atoms with Crippen LogP contribution in [0.15, 0.2) is 35.4 Å². The first kappa shape index (κ1) is 10.3. The van der Waals surface area contributed by atoms with E-state index in [9.17, 15) is 0 Å². The van der Waals surface area contributed by atoms with Gasteiger partial charge in [-0.3, -0.25) is 5.01 Å². The number of nitrogens with zero attached hydrogens (tertiary/aromatic N) is 3. The normalized spacial score (nSPS) is 10.0. The van der Waals surface area contributed by atoms with Gasteiger partial charge in [0, 0.05) is 19.7 Å². The predicted molar refractivity (Wildman–Crippen MR) is 58.2 cm³/mol. The van der Waals surface area contributed by atoms with Gasteiger partial charge in [0.2, 0.25) is 0 Å². The summed E-state index contributed by atoms with van der Waals surface area (Å²) in [5.74, 6) is 0. The zero-order valence-corrected chi connectivity index (χ0v) is 8.22. The Balaban J connectivity index is 2.47. The lowest BCUT2D eigenvalue weighted by Gasteiger charge is -2.11. The first-order valence-corrected chi connectivity index (χ1v) is 4.53. The van der Waals surface area contributed by atoms with Crippen molar-refractivity contribution in [2.45, 2.75) is 12.8 Å². The largest absolute Gasteiger partial charge is 0.269 e. The van der Waals surface area contributed by atoms with E-state index < -0.39 is 0 Å². The van der Waals surface area contributed by atoms with Gasteiger partial charge in [-0.05, 0) is 18.6 Å². The van der Waals surface area contributed by atoms with Crippen molar-refractivity contribution in [2.24, 2.45) is 5.10 Å². The van der Waals surface area contributed by atoms with Crippen LogP contribution >= 0.6 is 0 Å². The minimum Gasteiger partial charge on any atom is -0.269 e. The molecule has 0 unspecified atom stereocenters. The van der Waals surface area contributed by atoms with Crippen LogP contribution in [0.4, 0.5) is 5.69 Å². The zero-order chi connectivity index (χ0) is 10.2. The second-order valence-corrected chi connectivity index (χ2v) is 2.85. The summed E-state index contributed by atoms with van der Waals surface area (Å²) >= 11 is 0. The van der Waals surface area contributed by atoms with Crippen molar-refractivity contribution >= 4 is 11.9 Å². The van der Waals surface area contributed by atoms with Crippen molar-refractivity contribution in [1.29, 1.82) is 5.26 Å². The fourth-order valence-electron chi connectivity index (χ4n) is 1.02. The van der Waals surface area contributed by atoms with Crippen LogP contribution in [0.3, 0.4) is 0 Å². The van der Waals surface area contributed by atoms with Gasteiger partial charge in [-0.2, -0.15) is 10.4 Å². The average Bonchev–Trinajstić information content (AvgIpc) is 2.25. The van der Waals surface area contributed by atoms with E-state index in [0.29, 0.717) is 12.8 Å². The molecule has 0 radical (unpaired) electrons. The standard InChI is InChI=1S/C11H13N3/c1-14(13-10-6-5-9-12)11-7-3-2-4-8-11/h2-4,7-8,10H,5-6H2,1H3/b13-10+. The molecule has 0 bridgehead atoms. The third kappa shape index (κ3) is 3.28. The molecule has 0 spiro atoms. The van der Waals surface area contributed by atoms with E-state index in [1.807, 2.05) is 37.4 Å². The lowest BCUT2D eigenvalue weighted by Crippen LogP contribution is -2.08. The molecule has 0 atom stereocenters. The highest BCUT2D eigenvalue weighted by Gasteiger charge is 1.93. The van der Waals surface area contributed by atoms with E-state index in [4.69, 9.17) is 5.26 Å². The van der Waals surface area contributed by atoms with E-state index in [2.05, 4.69) is 11.2 Å². The summed E-state index contributed by atoms with van der Waals surface area (Å²) in [6.07, 6.45) is 2.98. The van der Waals surface area contributed by atoms with Gasteiger partial charge in [-0.1, -0.05) is 18.2 Å². The molecule has 14 heavy (non-hydrogen) atoms. The van der Waals surface area contributed by atoms with Crippen molar-refractivity contribution in [3.05, 3.63) is 30.3 Å². The average molecular weight is 187 g/mol. The third-order valence-corrected chi connectivity index (χ3v) is 1.77. The Morgan fingerprint density at radius 3 is 2.79 bits per heavy atom. The molecule has 3 nitrogen and oxygen atoms in total. The van der Waals surface area contributed by atoms with Crippen molar-refractivity contribution < 1.29 is 0 Å². The van der Waals surface area contributed by atoms with Gasteiger partial charge in [-0.25, -0.2) is 0 Å². The first-order valence-electron chi connectivity index (χ1n) is 4.53. The number of unbranched alkanes of at least 4 members (excludes halogenated alkanes) is 1. The van der Waals surface area contributed by atoms with Crippen LogP contribution in [0.25, 0.3) is 0 Å². The smallest absolute Gasteiger partial charge is 0.0625 e. The summed E-state index contributed by atoms with van der Waals surface area (Å²) in [5, 5.41) is 14.3. The molecule has 0 saturated carbocycles. The molecule has 0 fully saturated rings. The van der Waals surface area contributed by atoms with Crippen molar-refractivity contribution in [2.75, 3.05) is 12.1 Å². The van der Waals surface area contributed by atoms with Crippen LogP contribution in [0.2, 0.25) is 0 Å². The maximum absolute atomic E-state index is 8.32. The molecule has 72 valence electrons. The van der Waals surface area contributed by atoms with Gasteiger partial charge in [0.05, 0.1) is 11.8 Å². The fraction of sp³-hybridized carbons (Fsp3) is 0.273. The maximum atomic E-state index is 8.32. The summed E-state index contributed by atoms with van der Waals surface area (Å²) in [4.78, 5) is 0. The van der Waals surface area contributed by atoms with Crippen molar-refractivity contribution in [3.63, 3.8) is 0 Å². The highest BCUT2D eigenvalue weighted by Crippen LogP contribution is 2.10. The minimum absolute atomic E-state index is 0.520. The monoisotopic (exact) mass is 187 g/mol. The highest BCUT2D eigenvalue weighted by atomic mass is 15.4. The Labute approximate surface area is 84.3 Å². The Bertz CT molecular complexity index is 324. The van der Waals surface area contributed by atoms with E-state index in [-0.39, 0.29) is 0 Å². The fourth-order valence-corrected chi connectivity index (χ4v) is 1.02. The van der Waals surface area contributed by atoms with Gasteiger partial charge < -0.3 is 0 Å². The molecular weight excluding hydrogens is 174 g/mol. The van der Waals surface area contributed by atoms with Crippen LogP contribution in [0, 0.1) is 11.3 Å². The van der Waals surface area contributed by atoms with Crippen molar-refractivity contribution in [3.8, 4) is 6.07 Å². The topological polar surface area (TPSA) is 39.4 Å². The number of hydrogen-bond acceptors (Lipinski definition) is 3. The molecule has 0 saturated heterocycles. The second-order valence-electron chi connectivity index (χ2n) is 2.85. The minimum atomic E-state index is 0.520. The number of rotatable bonds is 4. The summed E-state index contributed by atoms with van der Waals surface area (Å²) in [7, 11) is 1.89. The summed E-state index contributed by atoms with van der Waals surface area (Å²) in [5.41, 5.74) is 1.04. The first-order chi connectivity index (χ1) is 6.84. The molecule has 1 aromatic rings. The van der Waals surface area contributed by atoms with Gasteiger partial charge in [-0.15, -0.1) is 0 Å². The summed E-state index contributed by atoms with van der Waals surface area (Å²) in [6.45, 7) is 0. The lowest BCUT2D eigenvalue weighted by atomic mass is 10.3. The molecule has 0 aromatic heterocycles. The second kappa shape index (κ2) is 5.76. The number of para-hydroxylation sites is 1. The lowest BCUT2D eigenvalue weighted by molar-refractivity contribution is 1.00. The Hall–Kier alpha value is -1.82. The SMILES string of the molecule is CN(/N=C/CCC#N)c1ccccc1. The van der Waals surface area contributed by atoms with Gasteiger partial charge in [0.1, 0.15) is 0 Å².